The van der Waals surface area contributed by atoms with E-state index in [1.165, 1.54) is 25.0 Å². The van der Waals surface area contributed by atoms with Gasteiger partial charge in [-0.2, -0.15) is 4.98 Å². The summed E-state index contributed by atoms with van der Waals surface area (Å²) in [5, 5.41) is 6.88. The Balaban J connectivity index is 1.68. The van der Waals surface area contributed by atoms with Crippen LogP contribution in [0.4, 0.5) is 21.8 Å². The third kappa shape index (κ3) is 4.34. The molecule has 1 fully saturated rings. The smallest absolute Gasteiger partial charge is 0.225 e. The van der Waals surface area contributed by atoms with Gasteiger partial charge in [0.25, 0.3) is 0 Å². The second kappa shape index (κ2) is 7.88. The Morgan fingerprint density at radius 1 is 1.07 bits per heavy atom. The van der Waals surface area contributed by atoms with Crippen LogP contribution < -0.4 is 10.6 Å². The summed E-state index contributed by atoms with van der Waals surface area (Å²) in [4.78, 5) is 13.4. The first kappa shape index (κ1) is 17.7. The number of benzene rings is 1. The average molecular weight is 384 g/mol. The number of aromatic nitrogens is 3. The van der Waals surface area contributed by atoms with Gasteiger partial charge in [0.15, 0.2) is 0 Å². The zero-order chi connectivity index (χ0) is 18.6. The predicted octanol–water partition coefficient (Wildman–Crippen LogP) is 5.43. The fraction of sp³-hybridized carbons (Fsp3) is 0.250. The van der Waals surface area contributed by atoms with E-state index in [2.05, 4.69) is 25.6 Å². The first-order valence-corrected chi connectivity index (χ1v) is 9.33. The van der Waals surface area contributed by atoms with E-state index in [1.54, 1.807) is 18.5 Å². The molecule has 2 aromatic heterocycles. The van der Waals surface area contributed by atoms with E-state index >= 15 is 0 Å². The predicted molar refractivity (Wildman–Crippen MR) is 106 cm³/mol. The van der Waals surface area contributed by atoms with Gasteiger partial charge < -0.3 is 10.6 Å². The Morgan fingerprint density at radius 3 is 2.67 bits per heavy atom. The number of halogens is 2. The van der Waals surface area contributed by atoms with Crippen LogP contribution in [0.2, 0.25) is 5.02 Å². The summed E-state index contributed by atoms with van der Waals surface area (Å²) in [7, 11) is 0. The van der Waals surface area contributed by atoms with Crippen molar-refractivity contribution in [1.82, 2.24) is 15.0 Å². The van der Waals surface area contributed by atoms with E-state index < -0.39 is 0 Å². The third-order valence-corrected chi connectivity index (χ3v) is 4.88. The number of nitrogens with one attached hydrogen (secondary N) is 2. The summed E-state index contributed by atoms with van der Waals surface area (Å²) in [6.07, 6.45) is 8.16. The van der Waals surface area contributed by atoms with Crippen molar-refractivity contribution in [3.8, 4) is 11.3 Å². The van der Waals surface area contributed by atoms with E-state index in [4.69, 9.17) is 11.6 Å². The molecule has 0 radical (unpaired) electrons. The Hall–Kier alpha value is -2.73. The van der Waals surface area contributed by atoms with E-state index in [0.29, 0.717) is 28.5 Å². The minimum absolute atomic E-state index is 0.293. The molecule has 0 amide bonds. The average Bonchev–Trinajstić information content (AvgIpc) is 3.18. The molecule has 2 heterocycles. The van der Waals surface area contributed by atoms with Crippen molar-refractivity contribution in [3.63, 3.8) is 0 Å². The van der Waals surface area contributed by atoms with Gasteiger partial charge in [-0.05, 0) is 43.2 Å². The van der Waals surface area contributed by atoms with Crippen molar-refractivity contribution in [2.45, 2.75) is 31.7 Å². The van der Waals surface area contributed by atoms with Gasteiger partial charge in [0, 0.05) is 30.1 Å². The summed E-state index contributed by atoms with van der Waals surface area (Å²) in [5.74, 6) is 0.759. The third-order valence-electron chi connectivity index (χ3n) is 4.57. The Morgan fingerprint density at radius 2 is 1.93 bits per heavy atom. The number of nitrogens with zero attached hydrogens (tertiary/aromatic N) is 3. The number of rotatable bonds is 5. The largest absolute Gasteiger partial charge is 0.351 e. The first-order chi connectivity index (χ1) is 13.2. The van der Waals surface area contributed by atoms with Crippen LogP contribution in [0.25, 0.3) is 11.3 Å². The second-order valence-corrected chi connectivity index (χ2v) is 6.99. The van der Waals surface area contributed by atoms with Crippen LogP contribution in [0, 0.1) is 5.82 Å². The molecule has 7 heteroatoms. The van der Waals surface area contributed by atoms with Crippen molar-refractivity contribution in [3.05, 3.63) is 59.6 Å². The lowest BCUT2D eigenvalue weighted by Crippen LogP contribution is -2.17. The standard InChI is InChI=1S/C20H19ClFN5/c21-16-10-14(22)7-8-17(16)25-19-11-18(13-4-3-9-23-12-13)26-20(27-19)24-15-5-1-2-6-15/h3-4,7-12,15H,1-2,5-6H2,(H2,24,25,26,27). The molecule has 4 rings (SSSR count). The van der Waals surface area contributed by atoms with Crippen molar-refractivity contribution in [2.24, 2.45) is 0 Å². The van der Waals surface area contributed by atoms with Crippen molar-refractivity contribution in [1.29, 1.82) is 0 Å². The quantitative estimate of drug-likeness (QED) is 0.615. The molecular formula is C20H19ClFN5. The molecule has 0 bridgehead atoms. The molecule has 138 valence electrons. The fourth-order valence-corrected chi connectivity index (χ4v) is 3.43. The lowest BCUT2D eigenvalue weighted by atomic mass is 10.2. The van der Waals surface area contributed by atoms with Crippen LogP contribution in [-0.2, 0) is 0 Å². The molecule has 0 unspecified atom stereocenters. The summed E-state index contributed by atoms with van der Waals surface area (Å²) in [5.41, 5.74) is 2.22. The number of pyridine rings is 1. The summed E-state index contributed by atoms with van der Waals surface area (Å²) in [6, 6.07) is 10.2. The highest BCUT2D eigenvalue weighted by atomic mass is 35.5. The maximum atomic E-state index is 13.3. The van der Waals surface area contributed by atoms with Crippen molar-refractivity contribution >= 4 is 29.1 Å². The van der Waals surface area contributed by atoms with Crippen LogP contribution in [0.5, 0.6) is 0 Å². The van der Waals surface area contributed by atoms with Crippen molar-refractivity contribution < 1.29 is 4.39 Å². The highest BCUT2D eigenvalue weighted by molar-refractivity contribution is 6.33. The SMILES string of the molecule is Fc1ccc(Nc2cc(-c3cccnc3)nc(NC3CCCC3)n2)c(Cl)c1. The van der Waals surface area contributed by atoms with E-state index in [0.717, 1.165) is 24.1 Å². The van der Waals surface area contributed by atoms with Crippen molar-refractivity contribution in [2.75, 3.05) is 10.6 Å². The zero-order valence-electron chi connectivity index (χ0n) is 14.6. The molecule has 1 aliphatic carbocycles. The van der Waals surface area contributed by atoms with Crippen LogP contribution in [0.1, 0.15) is 25.7 Å². The Kier molecular flexibility index (Phi) is 5.16. The molecule has 0 saturated heterocycles. The topological polar surface area (TPSA) is 62.7 Å². The summed E-state index contributed by atoms with van der Waals surface area (Å²) >= 11 is 6.14. The van der Waals surface area contributed by atoms with E-state index in [-0.39, 0.29) is 5.82 Å². The first-order valence-electron chi connectivity index (χ1n) is 8.95. The molecule has 2 N–H and O–H groups in total. The van der Waals surface area contributed by atoms with Gasteiger partial charge in [0.2, 0.25) is 5.95 Å². The lowest BCUT2D eigenvalue weighted by Gasteiger charge is -2.15. The van der Waals surface area contributed by atoms with Crippen LogP contribution >= 0.6 is 11.6 Å². The van der Waals surface area contributed by atoms with Gasteiger partial charge in [-0.25, -0.2) is 9.37 Å². The minimum atomic E-state index is -0.382. The van der Waals surface area contributed by atoms with Crippen LogP contribution in [0.15, 0.2) is 48.8 Å². The Bertz CT molecular complexity index is 929. The van der Waals surface area contributed by atoms with E-state index in [1.807, 2.05) is 18.2 Å². The molecule has 0 atom stereocenters. The normalized spacial score (nSPS) is 14.3. The molecule has 0 spiro atoms. The molecule has 27 heavy (non-hydrogen) atoms. The molecule has 1 aromatic carbocycles. The lowest BCUT2D eigenvalue weighted by molar-refractivity contribution is 0.628. The maximum absolute atomic E-state index is 13.3. The van der Waals surface area contributed by atoms with Gasteiger partial charge >= 0.3 is 0 Å². The molecule has 1 aliphatic rings. The number of hydrogen-bond donors (Lipinski definition) is 2. The minimum Gasteiger partial charge on any atom is -0.351 e. The number of hydrogen-bond acceptors (Lipinski definition) is 5. The van der Waals surface area contributed by atoms with Crippen LogP contribution in [0.3, 0.4) is 0 Å². The van der Waals surface area contributed by atoms with Gasteiger partial charge in [-0.1, -0.05) is 24.4 Å². The van der Waals surface area contributed by atoms with E-state index in [9.17, 15) is 4.39 Å². The van der Waals surface area contributed by atoms with Gasteiger partial charge in [0.1, 0.15) is 11.6 Å². The fourth-order valence-electron chi connectivity index (χ4n) is 3.22. The molecule has 3 aromatic rings. The molecule has 1 saturated carbocycles. The molecule has 0 aliphatic heterocycles. The highest BCUT2D eigenvalue weighted by Crippen LogP contribution is 2.29. The Labute approximate surface area is 162 Å². The summed E-state index contributed by atoms with van der Waals surface area (Å²) in [6.45, 7) is 0. The van der Waals surface area contributed by atoms with Gasteiger partial charge in [-0.15, -0.1) is 0 Å². The summed E-state index contributed by atoms with van der Waals surface area (Å²) < 4.78 is 13.3. The molecule has 5 nitrogen and oxygen atoms in total. The van der Waals surface area contributed by atoms with Gasteiger partial charge in [0.05, 0.1) is 16.4 Å². The van der Waals surface area contributed by atoms with Gasteiger partial charge in [-0.3, -0.25) is 4.98 Å². The highest BCUT2D eigenvalue weighted by Gasteiger charge is 2.17. The number of anilines is 3. The zero-order valence-corrected chi connectivity index (χ0v) is 15.4. The monoisotopic (exact) mass is 383 g/mol. The second-order valence-electron chi connectivity index (χ2n) is 6.58. The maximum Gasteiger partial charge on any atom is 0.225 e. The van der Waals surface area contributed by atoms with Crippen LogP contribution in [-0.4, -0.2) is 21.0 Å². The molecular weight excluding hydrogens is 365 g/mol.